The largest absolute Gasteiger partial charge is 0.417 e. The molecule has 0 aliphatic carbocycles. The molecule has 3 saturated heterocycles. The van der Waals surface area contributed by atoms with Gasteiger partial charge >= 0.3 is 6.18 Å². The van der Waals surface area contributed by atoms with Crippen molar-refractivity contribution in [3.63, 3.8) is 0 Å². The van der Waals surface area contributed by atoms with Gasteiger partial charge in [-0.1, -0.05) is 35.3 Å². The third kappa shape index (κ3) is 6.69. The number of amides is 2. The smallest absolute Gasteiger partial charge is 0.381 e. The average Bonchev–Trinajstić information content (AvgIpc) is 3.42. The molecule has 0 bridgehead atoms. The number of likely N-dealkylation sites (N-methyl/N-ethyl adjacent to an activating group) is 1. The molecule has 0 spiro atoms. The zero-order valence-electron chi connectivity index (χ0n) is 22.9. The second-order valence-corrected chi connectivity index (χ2v) is 12.1. The fourth-order valence-electron chi connectivity index (χ4n) is 6.45. The van der Waals surface area contributed by atoms with Gasteiger partial charge in [0.15, 0.2) is 0 Å². The topological polar surface area (TPSA) is 53.1 Å². The van der Waals surface area contributed by atoms with Crippen LogP contribution in [0.3, 0.4) is 0 Å². The van der Waals surface area contributed by atoms with Crippen molar-refractivity contribution in [3.8, 4) is 0 Å². The van der Waals surface area contributed by atoms with Crippen LogP contribution in [-0.2, 0) is 15.7 Å². The van der Waals surface area contributed by atoms with Crippen molar-refractivity contribution in [3.05, 3.63) is 69.2 Å². The summed E-state index contributed by atoms with van der Waals surface area (Å²) in [5.41, 5.74) is -0.247. The number of likely N-dealkylation sites (tertiary alicyclic amines) is 2. The maximum absolute atomic E-state index is 13.7. The Labute approximate surface area is 248 Å². The first-order valence-corrected chi connectivity index (χ1v) is 14.8. The Hall–Kier alpha value is -2.33. The number of alkyl halides is 3. The van der Waals surface area contributed by atoms with Crippen molar-refractivity contribution in [2.45, 2.75) is 49.9 Å². The lowest BCUT2D eigenvalue weighted by atomic mass is 9.92. The SMILES string of the molecule is CN(C(=O)c1ccc(Cl)c(C(F)(F)F)c1)C1CN(C(=O)C2CCN(C3CCOCC3)CC2)CC1c1ccc(Cl)cc1. The second kappa shape index (κ2) is 12.5. The highest BCUT2D eigenvalue weighted by Crippen LogP contribution is 2.37. The zero-order valence-corrected chi connectivity index (χ0v) is 24.4. The maximum atomic E-state index is 13.7. The Morgan fingerprint density at radius 1 is 0.951 bits per heavy atom. The van der Waals surface area contributed by atoms with E-state index < -0.39 is 28.7 Å². The third-order valence-electron chi connectivity index (χ3n) is 8.82. The van der Waals surface area contributed by atoms with Gasteiger partial charge < -0.3 is 19.4 Å². The Morgan fingerprint density at radius 3 is 2.24 bits per heavy atom. The summed E-state index contributed by atoms with van der Waals surface area (Å²) in [4.78, 5) is 33.0. The van der Waals surface area contributed by atoms with E-state index in [1.807, 2.05) is 17.0 Å². The molecule has 222 valence electrons. The van der Waals surface area contributed by atoms with Crippen molar-refractivity contribution in [2.24, 2.45) is 5.92 Å². The molecule has 41 heavy (non-hydrogen) atoms. The molecule has 2 aromatic carbocycles. The molecule has 5 rings (SSSR count). The predicted octanol–water partition coefficient (Wildman–Crippen LogP) is 5.97. The number of ether oxygens (including phenoxy) is 1. The van der Waals surface area contributed by atoms with Crippen LogP contribution in [0.15, 0.2) is 42.5 Å². The molecule has 2 amide bonds. The van der Waals surface area contributed by atoms with Crippen LogP contribution in [0.2, 0.25) is 10.0 Å². The first kappa shape index (κ1) is 30.1. The number of hydrogen-bond acceptors (Lipinski definition) is 4. The predicted molar refractivity (Wildman–Crippen MR) is 151 cm³/mol. The van der Waals surface area contributed by atoms with Gasteiger partial charge in [-0.3, -0.25) is 9.59 Å². The number of benzene rings is 2. The molecule has 11 heteroatoms. The Kier molecular flexibility index (Phi) is 9.19. The molecule has 3 heterocycles. The highest BCUT2D eigenvalue weighted by atomic mass is 35.5. The summed E-state index contributed by atoms with van der Waals surface area (Å²) in [5, 5.41) is 0.106. The van der Waals surface area contributed by atoms with Crippen LogP contribution in [0, 0.1) is 5.92 Å². The Morgan fingerprint density at radius 2 is 1.61 bits per heavy atom. The summed E-state index contributed by atoms with van der Waals surface area (Å²) in [5.74, 6) is -0.802. The van der Waals surface area contributed by atoms with Crippen LogP contribution in [0.5, 0.6) is 0 Å². The highest BCUT2D eigenvalue weighted by Gasteiger charge is 2.43. The van der Waals surface area contributed by atoms with Crippen LogP contribution < -0.4 is 0 Å². The van der Waals surface area contributed by atoms with Gasteiger partial charge in [0, 0.05) is 61.8 Å². The fraction of sp³-hybridized carbons (Fsp3) is 0.533. The standard InChI is InChI=1S/C30H34Cl2F3N3O3/c1-36(28(39)21-4-7-26(32)25(16-21)30(33,34)35)27-18-38(17-24(27)19-2-5-22(31)6-3-19)29(40)20-8-12-37(13-9-20)23-10-14-41-15-11-23/h2-7,16,20,23-24,27H,8-15,17-18H2,1H3. The van der Waals surface area contributed by atoms with Crippen LogP contribution in [-0.4, -0.2) is 85.0 Å². The van der Waals surface area contributed by atoms with E-state index in [-0.39, 0.29) is 23.3 Å². The van der Waals surface area contributed by atoms with Gasteiger partial charge in [0.2, 0.25) is 5.91 Å². The highest BCUT2D eigenvalue weighted by molar-refractivity contribution is 6.31. The minimum absolute atomic E-state index is 0.0739. The van der Waals surface area contributed by atoms with Crippen molar-refractivity contribution < 1.29 is 27.5 Å². The maximum Gasteiger partial charge on any atom is 0.417 e. The second-order valence-electron chi connectivity index (χ2n) is 11.2. The molecule has 2 atom stereocenters. The minimum Gasteiger partial charge on any atom is -0.381 e. The van der Waals surface area contributed by atoms with Crippen molar-refractivity contribution in [2.75, 3.05) is 46.4 Å². The molecule has 0 radical (unpaired) electrons. The molecule has 3 fully saturated rings. The van der Waals surface area contributed by atoms with E-state index in [2.05, 4.69) is 4.90 Å². The van der Waals surface area contributed by atoms with Gasteiger partial charge in [-0.25, -0.2) is 0 Å². The summed E-state index contributed by atoms with van der Waals surface area (Å²) in [6, 6.07) is 10.6. The lowest BCUT2D eigenvalue weighted by Crippen LogP contribution is -2.47. The van der Waals surface area contributed by atoms with E-state index in [0.29, 0.717) is 24.2 Å². The summed E-state index contributed by atoms with van der Waals surface area (Å²) in [7, 11) is 1.58. The van der Waals surface area contributed by atoms with E-state index in [1.54, 1.807) is 19.2 Å². The molecular weight excluding hydrogens is 578 g/mol. The number of nitrogens with zero attached hydrogens (tertiary/aromatic N) is 3. The molecule has 0 N–H and O–H groups in total. The summed E-state index contributed by atoms with van der Waals surface area (Å²) < 4.78 is 45.9. The van der Waals surface area contributed by atoms with Gasteiger partial charge in [-0.05, 0) is 74.7 Å². The average molecular weight is 613 g/mol. The summed E-state index contributed by atoms with van der Waals surface area (Å²) in [6.45, 7) is 4.02. The Balaban J connectivity index is 1.33. The summed E-state index contributed by atoms with van der Waals surface area (Å²) in [6.07, 6.45) is -1.08. The number of hydrogen-bond donors (Lipinski definition) is 0. The number of piperidine rings is 1. The first-order valence-electron chi connectivity index (χ1n) is 14.0. The van der Waals surface area contributed by atoms with Crippen molar-refractivity contribution in [1.82, 2.24) is 14.7 Å². The molecule has 2 aromatic rings. The molecular formula is C30H34Cl2F3N3O3. The number of rotatable bonds is 5. The van der Waals surface area contributed by atoms with Crippen LogP contribution >= 0.6 is 23.2 Å². The lowest BCUT2D eigenvalue weighted by molar-refractivity contribution is -0.138. The van der Waals surface area contributed by atoms with E-state index in [1.165, 1.54) is 11.0 Å². The molecule has 3 aliphatic heterocycles. The molecule has 0 saturated carbocycles. The first-order chi connectivity index (χ1) is 19.5. The fourth-order valence-corrected chi connectivity index (χ4v) is 6.80. The van der Waals surface area contributed by atoms with E-state index >= 15 is 0 Å². The number of carbonyl (C=O) groups is 2. The minimum atomic E-state index is -4.69. The quantitative estimate of drug-likeness (QED) is 0.418. The number of halogens is 5. The van der Waals surface area contributed by atoms with E-state index in [4.69, 9.17) is 27.9 Å². The van der Waals surface area contributed by atoms with Gasteiger partial charge in [-0.15, -0.1) is 0 Å². The van der Waals surface area contributed by atoms with E-state index in [0.717, 1.165) is 69.7 Å². The van der Waals surface area contributed by atoms with Gasteiger partial charge in [0.05, 0.1) is 16.6 Å². The van der Waals surface area contributed by atoms with Crippen LogP contribution in [0.4, 0.5) is 13.2 Å². The van der Waals surface area contributed by atoms with Crippen molar-refractivity contribution >= 4 is 35.0 Å². The molecule has 6 nitrogen and oxygen atoms in total. The summed E-state index contributed by atoms with van der Waals surface area (Å²) >= 11 is 11.9. The van der Waals surface area contributed by atoms with Crippen LogP contribution in [0.25, 0.3) is 0 Å². The zero-order chi connectivity index (χ0) is 29.3. The monoisotopic (exact) mass is 611 g/mol. The molecule has 2 unspecified atom stereocenters. The van der Waals surface area contributed by atoms with Gasteiger partial charge in [-0.2, -0.15) is 13.2 Å². The van der Waals surface area contributed by atoms with Crippen molar-refractivity contribution in [1.29, 1.82) is 0 Å². The lowest BCUT2D eigenvalue weighted by Gasteiger charge is -2.39. The van der Waals surface area contributed by atoms with Gasteiger partial charge in [0.25, 0.3) is 5.91 Å². The van der Waals surface area contributed by atoms with E-state index in [9.17, 15) is 22.8 Å². The number of carbonyl (C=O) groups excluding carboxylic acids is 2. The Bertz CT molecular complexity index is 1250. The third-order valence-corrected chi connectivity index (χ3v) is 9.40. The van der Waals surface area contributed by atoms with Gasteiger partial charge in [0.1, 0.15) is 0 Å². The normalized spacial score (nSPS) is 23.1. The van der Waals surface area contributed by atoms with Crippen LogP contribution in [0.1, 0.15) is 53.1 Å². The molecule has 0 aromatic heterocycles. The molecule has 3 aliphatic rings.